The van der Waals surface area contributed by atoms with Crippen LogP contribution in [-0.4, -0.2) is 133 Å². The Morgan fingerprint density at radius 3 is 1.73 bits per heavy atom. The molecule has 268 valence electrons. The van der Waals surface area contributed by atoms with Crippen LogP contribution in [0.5, 0.6) is 0 Å². The van der Waals surface area contributed by atoms with Gasteiger partial charge in [-0.15, -0.1) is 0 Å². The zero-order valence-corrected chi connectivity index (χ0v) is 27.8. The fraction of sp³-hybridized carbons (Fsp3) is 0.970. The van der Waals surface area contributed by atoms with E-state index >= 15 is 0 Å². The molecule has 1 saturated heterocycles. The number of hydrogen-bond donors (Lipinski definition) is 8. The van der Waals surface area contributed by atoms with Crippen LogP contribution in [0.2, 0.25) is 0 Å². The van der Waals surface area contributed by atoms with E-state index in [-0.39, 0.29) is 12.5 Å². The number of nitrogens with zero attached hydrogens (tertiary/aromatic N) is 1. The molecule has 0 aromatic heterocycles. The Hall–Kier alpha value is -0.930. The summed E-state index contributed by atoms with van der Waals surface area (Å²) >= 11 is 0. The highest BCUT2D eigenvalue weighted by atomic mass is 16.7. The normalized spacial score (nSPS) is 24.7. The molecule has 8 N–H and O–H groups in total. The summed E-state index contributed by atoms with van der Waals surface area (Å²) in [6, 6.07) is 0. The largest absolute Gasteiger partial charge is 0.394 e. The average molecular weight is 652 g/mol. The average Bonchev–Trinajstić information content (AvgIpc) is 3.04. The maximum atomic E-state index is 13.3. The lowest BCUT2D eigenvalue weighted by molar-refractivity contribution is -0.327. The number of rotatable bonds is 27. The van der Waals surface area contributed by atoms with E-state index in [4.69, 9.17) is 9.47 Å². The second kappa shape index (κ2) is 25.1. The molecule has 0 bridgehead atoms. The topological polar surface area (TPSA) is 201 Å². The molecule has 0 spiro atoms. The molecular weight excluding hydrogens is 586 g/mol. The smallest absolute Gasteiger partial charge is 0.222 e. The molecule has 1 aliphatic heterocycles. The third-order valence-corrected chi connectivity index (χ3v) is 8.72. The van der Waals surface area contributed by atoms with Gasteiger partial charge in [0.1, 0.15) is 48.8 Å². The fourth-order valence-electron chi connectivity index (χ4n) is 5.71. The SMILES string of the molecule is CCCCCCCCCCCC(=O)N(CCCCCCCCC)C[C@H](O)[C@@H](O)[C@H](O[C@@H]1O[C@H](CO)[C@H](O)[C@H](O)[C@H]1O)[C@H](O)CO. The summed E-state index contributed by atoms with van der Waals surface area (Å²) in [5.74, 6) is -0.135. The van der Waals surface area contributed by atoms with Crippen molar-refractivity contribution in [2.75, 3.05) is 26.3 Å². The van der Waals surface area contributed by atoms with E-state index in [1.807, 2.05) is 0 Å². The molecule has 12 nitrogen and oxygen atoms in total. The van der Waals surface area contributed by atoms with Crippen LogP contribution >= 0.6 is 0 Å². The molecule has 1 amide bonds. The van der Waals surface area contributed by atoms with Crippen molar-refractivity contribution in [2.45, 2.75) is 178 Å². The Kier molecular flexibility index (Phi) is 23.5. The van der Waals surface area contributed by atoms with E-state index in [1.54, 1.807) is 0 Å². The lowest BCUT2D eigenvalue weighted by atomic mass is 9.98. The maximum Gasteiger partial charge on any atom is 0.222 e. The van der Waals surface area contributed by atoms with Gasteiger partial charge in [-0.3, -0.25) is 4.79 Å². The summed E-state index contributed by atoms with van der Waals surface area (Å²) in [5.41, 5.74) is 0. The lowest BCUT2D eigenvalue weighted by Gasteiger charge is -2.42. The predicted molar refractivity (Wildman–Crippen MR) is 170 cm³/mol. The van der Waals surface area contributed by atoms with Crippen molar-refractivity contribution in [3.05, 3.63) is 0 Å². The molecule has 0 aromatic carbocycles. The van der Waals surface area contributed by atoms with Crippen LogP contribution in [0.15, 0.2) is 0 Å². The van der Waals surface area contributed by atoms with Crippen LogP contribution in [0.25, 0.3) is 0 Å². The highest BCUT2D eigenvalue weighted by Crippen LogP contribution is 2.25. The predicted octanol–water partition coefficient (Wildman–Crippen LogP) is 1.75. The van der Waals surface area contributed by atoms with Gasteiger partial charge >= 0.3 is 0 Å². The minimum atomic E-state index is -1.82. The van der Waals surface area contributed by atoms with Gasteiger partial charge in [-0.2, -0.15) is 0 Å². The van der Waals surface area contributed by atoms with Crippen molar-refractivity contribution in [2.24, 2.45) is 0 Å². The zero-order valence-electron chi connectivity index (χ0n) is 27.8. The van der Waals surface area contributed by atoms with E-state index in [2.05, 4.69) is 13.8 Å². The van der Waals surface area contributed by atoms with E-state index < -0.39 is 68.3 Å². The molecular formula is C33H65NO11. The summed E-state index contributed by atoms with van der Waals surface area (Å²) in [6.07, 6.45) is 2.71. The first-order chi connectivity index (χ1) is 21.6. The van der Waals surface area contributed by atoms with Gasteiger partial charge in [0.25, 0.3) is 0 Å². The fourth-order valence-corrected chi connectivity index (χ4v) is 5.71. The number of carbonyl (C=O) groups is 1. The van der Waals surface area contributed by atoms with Crippen LogP contribution in [0.4, 0.5) is 0 Å². The Bertz CT molecular complexity index is 731. The van der Waals surface area contributed by atoms with Gasteiger partial charge in [-0.05, 0) is 12.8 Å². The lowest BCUT2D eigenvalue weighted by Crippen LogP contribution is -2.61. The van der Waals surface area contributed by atoms with E-state index in [1.165, 1.54) is 49.8 Å². The number of ether oxygens (including phenoxy) is 2. The van der Waals surface area contributed by atoms with Crippen molar-refractivity contribution in [1.29, 1.82) is 0 Å². The first-order valence-electron chi connectivity index (χ1n) is 17.5. The van der Waals surface area contributed by atoms with E-state index in [0.717, 1.165) is 57.8 Å². The van der Waals surface area contributed by atoms with Gasteiger partial charge in [-0.1, -0.05) is 104 Å². The number of aliphatic hydroxyl groups is 8. The zero-order chi connectivity index (χ0) is 33.6. The van der Waals surface area contributed by atoms with Crippen molar-refractivity contribution < 1.29 is 55.1 Å². The van der Waals surface area contributed by atoms with Crippen molar-refractivity contribution in [3.8, 4) is 0 Å². The minimum absolute atomic E-state index is 0.135. The molecule has 1 aliphatic rings. The molecule has 0 aromatic rings. The Morgan fingerprint density at radius 2 is 1.22 bits per heavy atom. The standard InChI is InChI=1S/C33H65NO11/c1-3-5-7-9-11-12-13-15-17-19-27(39)34(20-18-16-14-10-8-6-4-2)21-24(37)28(40)32(25(38)22-35)45-33-31(43)30(42)29(41)26(23-36)44-33/h24-26,28-33,35-38,40-43H,3-23H2,1-2H3/t24-,25+,26+,28+,29-,30-,31+,32+,33-/m0/s1. The number of hydrogen-bond acceptors (Lipinski definition) is 11. The van der Waals surface area contributed by atoms with Crippen LogP contribution in [0.1, 0.15) is 123 Å². The van der Waals surface area contributed by atoms with Crippen LogP contribution in [0.3, 0.4) is 0 Å². The highest BCUT2D eigenvalue weighted by Gasteiger charge is 2.47. The second-order valence-electron chi connectivity index (χ2n) is 12.6. The molecule has 1 rings (SSSR count). The first-order valence-corrected chi connectivity index (χ1v) is 17.5. The minimum Gasteiger partial charge on any atom is -0.394 e. The summed E-state index contributed by atoms with van der Waals surface area (Å²) in [5, 5.41) is 82.0. The summed E-state index contributed by atoms with van der Waals surface area (Å²) in [4.78, 5) is 14.8. The number of aliphatic hydroxyl groups excluding tert-OH is 8. The van der Waals surface area contributed by atoms with Crippen molar-refractivity contribution >= 4 is 5.91 Å². The van der Waals surface area contributed by atoms with Crippen LogP contribution < -0.4 is 0 Å². The van der Waals surface area contributed by atoms with Crippen LogP contribution in [-0.2, 0) is 14.3 Å². The number of carbonyl (C=O) groups excluding carboxylic acids is 1. The molecule has 1 heterocycles. The van der Waals surface area contributed by atoms with Crippen LogP contribution in [0, 0.1) is 0 Å². The molecule has 0 saturated carbocycles. The number of unbranched alkanes of at least 4 members (excludes halogenated alkanes) is 14. The molecule has 1 fully saturated rings. The summed E-state index contributed by atoms with van der Waals surface area (Å²) in [6.45, 7) is 2.94. The quantitative estimate of drug-likeness (QED) is 0.0602. The van der Waals surface area contributed by atoms with Crippen molar-refractivity contribution in [3.63, 3.8) is 0 Å². The van der Waals surface area contributed by atoms with Crippen molar-refractivity contribution in [1.82, 2.24) is 4.90 Å². The van der Waals surface area contributed by atoms with Gasteiger partial charge in [0.15, 0.2) is 6.29 Å². The second-order valence-corrected chi connectivity index (χ2v) is 12.6. The van der Waals surface area contributed by atoms with Gasteiger partial charge in [0, 0.05) is 19.5 Å². The molecule has 0 aliphatic carbocycles. The van der Waals surface area contributed by atoms with Gasteiger partial charge < -0.3 is 55.2 Å². The summed E-state index contributed by atoms with van der Waals surface area (Å²) in [7, 11) is 0. The molecule has 12 heteroatoms. The molecule has 0 radical (unpaired) electrons. The molecule has 0 unspecified atom stereocenters. The van der Waals surface area contributed by atoms with Gasteiger partial charge in [-0.25, -0.2) is 0 Å². The van der Waals surface area contributed by atoms with E-state index in [9.17, 15) is 45.6 Å². The van der Waals surface area contributed by atoms with Gasteiger partial charge in [0.05, 0.1) is 13.2 Å². The first kappa shape index (κ1) is 42.1. The monoisotopic (exact) mass is 651 g/mol. The third kappa shape index (κ3) is 16.1. The Balaban J connectivity index is 2.81. The summed E-state index contributed by atoms with van der Waals surface area (Å²) < 4.78 is 10.9. The Morgan fingerprint density at radius 1 is 0.711 bits per heavy atom. The van der Waals surface area contributed by atoms with E-state index in [0.29, 0.717) is 13.0 Å². The third-order valence-electron chi connectivity index (χ3n) is 8.72. The molecule has 45 heavy (non-hydrogen) atoms. The van der Waals surface area contributed by atoms with Gasteiger partial charge in [0.2, 0.25) is 5.91 Å². The maximum absolute atomic E-state index is 13.3. The Labute approximate surface area is 270 Å². The number of amides is 1. The molecule has 9 atom stereocenters. The highest BCUT2D eigenvalue weighted by molar-refractivity contribution is 5.76.